The highest BCUT2D eigenvalue weighted by Gasteiger charge is 2.38. The van der Waals surface area contributed by atoms with Crippen LogP contribution in [0.1, 0.15) is 31.7 Å². The largest absolute Gasteiger partial charge is 0.396 e. The number of rotatable bonds is 6. The van der Waals surface area contributed by atoms with Crippen molar-refractivity contribution in [2.24, 2.45) is 5.41 Å². The Morgan fingerprint density at radius 3 is 2.96 bits per heavy atom. The van der Waals surface area contributed by atoms with E-state index < -0.39 is 0 Å². The Balaban J connectivity index is 1.58. The Labute approximate surface area is 152 Å². The summed E-state index contributed by atoms with van der Waals surface area (Å²) in [5.41, 5.74) is 0.940. The monoisotopic (exact) mass is 360 g/mol. The summed E-state index contributed by atoms with van der Waals surface area (Å²) in [5, 5.41) is 12.5. The first-order chi connectivity index (χ1) is 12.6. The molecule has 1 aliphatic rings. The summed E-state index contributed by atoms with van der Waals surface area (Å²) in [4.78, 5) is 18.0. The number of hydrogen-bond donors (Lipinski definition) is 2. The summed E-state index contributed by atoms with van der Waals surface area (Å²) in [6, 6.07) is 4.72. The van der Waals surface area contributed by atoms with E-state index in [1.807, 2.05) is 0 Å². The van der Waals surface area contributed by atoms with Gasteiger partial charge in [-0.2, -0.15) is 0 Å². The molecular formula is C19H25FN4O2. The van der Waals surface area contributed by atoms with Crippen LogP contribution in [0.3, 0.4) is 0 Å². The van der Waals surface area contributed by atoms with E-state index in [-0.39, 0.29) is 30.4 Å². The number of likely N-dealkylation sites (tertiary alicyclic amines) is 1. The fourth-order valence-electron chi connectivity index (χ4n) is 3.61. The van der Waals surface area contributed by atoms with Crippen molar-refractivity contribution >= 4 is 6.03 Å². The molecule has 3 rings (SSSR count). The Kier molecular flexibility index (Phi) is 5.56. The third-order valence-electron chi connectivity index (χ3n) is 5.08. The molecule has 6 nitrogen and oxygen atoms in total. The molecule has 1 atom stereocenters. The first-order valence-corrected chi connectivity index (χ1v) is 8.97. The third kappa shape index (κ3) is 3.88. The van der Waals surface area contributed by atoms with Crippen LogP contribution >= 0.6 is 0 Å². The smallest absolute Gasteiger partial charge is 0.317 e. The van der Waals surface area contributed by atoms with E-state index in [2.05, 4.69) is 17.2 Å². The summed E-state index contributed by atoms with van der Waals surface area (Å²) in [5.74, 6) is -0.363. The average Bonchev–Trinajstić information content (AvgIpc) is 3.31. The SMILES string of the molecule is CCCC1(CO)CCN(C(=O)NCc2ccc(-n3ccnc3)c(F)c2)C1. The number of benzene rings is 1. The number of imidazole rings is 1. The first-order valence-electron chi connectivity index (χ1n) is 8.97. The second-order valence-electron chi connectivity index (χ2n) is 6.99. The van der Waals surface area contributed by atoms with E-state index in [1.165, 1.54) is 12.4 Å². The Morgan fingerprint density at radius 1 is 1.46 bits per heavy atom. The predicted octanol–water partition coefficient (Wildman–Crippen LogP) is 2.71. The maximum absolute atomic E-state index is 14.3. The summed E-state index contributed by atoms with van der Waals surface area (Å²) in [6.45, 7) is 3.65. The van der Waals surface area contributed by atoms with Crippen molar-refractivity contribution in [3.63, 3.8) is 0 Å². The quantitative estimate of drug-likeness (QED) is 0.832. The molecule has 2 aromatic rings. The molecule has 0 radical (unpaired) electrons. The molecule has 1 saturated heterocycles. The lowest BCUT2D eigenvalue weighted by atomic mass is 9.83. The van der Waals surface area contributed by atoms with Gasteiger partial charge in [0.15, 0.2) is 0 Å². The molecule has 140 valence electrons. The number of halogens is 1. The van der Waals surface area contributed by atoms with Gasteiger partial charge in [0.25, 0.3) is 0 Å². The summed E-state index contributed by atoms with van der Waals surface area (Å²) >= 11 is 0. The zero-order chi connectivity index (χ0) is 18.6. The fraction of sp³-hybridized carbons (Fsp3) is 0.474. The van der Waals surface area contributed by atoms with Crippen LogP contribution in [0.25, 0.3) is 5.69 Å². The molecule has 1 aromatic carbocycles. The van der Waals surface area contributed by atoms with Gasteiger partial charge in [-0.05, 0) is 30.5 Å². The standard InChI is InChI=1S/C19H25FN4O2/c1-2-5-19(13-25)6-8-23(12-19)18(26)22-11-15-3-4-17(16(20)10-15)24-9-7-21-14-24/h3-4,7,9-10,14,25H,2,5-6,8,11-13H2,1H3,(H,22,26). The van der Waals surface area contributed by atoms with Crippen molar-refractivity contribution in [3.05, 3.63) is 48.3 Å². The normalized spacial score (nSPS) is 19.7. The van der Waals surface area contributed by atoms with Gasteiger partial charge in [-0.3, -0.25) is 0 Å². The van der Waals surface area contributed by atoms with Crippen LogP contribution in [0.5, 0.6) is 0 Å². The number of aliphatic hydroxyl groups excluding tert-OH is 1. The second kappa shape index (κ2) is 7.86. The molecule has 7 heteroatoms. The highest BCUT2D eigenvalue weighted by atomic mass is 19.1. The van der Waals surface area contributed by atoms with Gasteiger partial charge < -0.3 is 19.9 Å². The van der Waals surface area contributed by atoms with Gasteiger partial charge in [0.1, 0.15) is 5.82 Å². The Morgan fingerprint density at radius 2 is 2.31 bits per heavy atom. The van der Waals surface area contributed by atoms with Gasteiger partial charge >= 0.3 is 6.03 Å². The van der Waals surface area contributed by atoms with Gasteiger partial charge in [-0.15, -0.1) is 0 Å². The lowest BCUT2D eigenvalue weighted by Gasteiger charge is -2.26. The maximum atomic E-state index is 14.3. The molecule has 1 aromatic heterocycles. The van der Waals surface area contributed by atoms with Crippen molar-refractivity contribution in [1.29, 1.82) is 0 Å². The minimum Gasteiger partial charge on any atom is -0.396 e. The highest BCUT2D eigenvalue weighted by Crippen LogP contribution is 2.34. The van der Waals surface area contributed by atoms with Crippen LogP contribution in [0.15, 0.2) is 36.9 Å². The maximum Gasteiger partial charge on any atom is 0.317 e. The molecular weight excluding hydrogens is 335 g/mol. The van der Waals surface area contributed by atoms with Crippen LogP contribution < -0.4 is 5.32 Å². The number of nitrogens with zero attached hydrogens (tertiary/aromatic N) is 3. The molecule has 2 heterocycles. The topological polar surface area (TPSA) is 70.4 Å². The Bertz CT molecular complexity index is 750. The average molecular weight is 360 g/mol. The fourth-order valence-corrected chi connectivity index (χ4v) is 3.61. The van der Waals surface area contributed by atoms with Crippen LogP contribution in [0, 0.1) is 11.2 Å². The zero-order valence-electron chi connectivity index (χ0n) is 15.0. The van der Waals surface area contributed by atoms with Crippen molar-refractivity contribution < 1.29 is 14.3 Å². The van der Waals surface area contributed by atoms with Gasteiger partial charge in [-0.25, -0.2) is 14.2 Å². The molecule has 1 fully saturated rings. The van der Waals surface area contributed by atoms with E-state index in [9.17, 15) is 14.3 Å². The van der Waals surface area contributed by atoms with Crippen LogP contribution in [-0.2, 0) is 6.54 Å². The minimum absolute atomic E-state index is 0.103. The lowest BCUT2D eigenvalue weighted by molar-refractivity contribution is 0.120. The second-order valence-corrected chi connectivity index (χ2v) is 6.99. The van der Waals surface area contributed by atoms with E-state index >= 15 is 0 Å². The van der Waals surface area contributed by atoms with Gasteiger partial charge in [-0.1, -0.05) is 19.4 Å². The number of carbonyl (C=O) groups is 1. The first kappa shape index (κ1) is 18.4. The molecule has 1 unspecified atom stereocenters. The molecule has 0 bridgehead atoms. The predicted molar refractivity (Wildman–Crippen MR) is 96.4 cm³/mol. The molecule has 26 heavy (non-hydrogen) atoms. The van der Waals surface area contributed by atoms with Gasteiger partial charge in [0.2, 0.25) is 0 Å². The van der Waals surface area contributed by atoms with Crippen molar-refractivity contribution in [1.82, 2.24) is 19.8 Å². The molecule has 1 aliphatic heterocycles. The van der Waals surface area contributed by atoms with Crippen LogP contribution in [0.2, 0.25) is 0 Å². The number of amides is 2. The molecule has 0 saturated carbocycles. The number of hydrogen-bond acceptors (Lipinski definition) is 3. The highest BCUT2D eigenvalue weighted by molar-refractivity contribution is 5.74. The molecule has 2 N–H and O–H groups in total. The number of nitrogens with one attached hydrogen (secondary N) is 1. The molecule has 0 spiro atoms. The third-order valence-corrected chi connectivity index (χ3v) is 5.08. The van der Waals surface area contributed by atoms with Crippen molar-refractivity contribution in [2.45, 2.75) is 32.7 Å². The Hall–Kier alpha value is -2.41. The molecule has 2 amide bonds. The summed E-state index contributed by atoms with van der Waals surface area (Å²) in [6.07, 6.45) is 7.52. The van der Waals surface area contributed by atoms with E-state index in [1.54, 1.807) is 34.0 Å². The summed E-state index contributed by atoms with van der Waals surface area (Å²) in [7, 11) is 0. The van der Waals surface area contributed by atoms with Gasteiger partial charge in [0, 0.05) is 37.4 Å². The van der Waals surface area contributed by atoms with Crippen molar-refractivity contribution in [2.75, 3.05) is 19.7 Å². The number of urea groups is 1. The van der Waals surface area contributed by atoms with E-state index in [0.717, 1.165) is 19.3 Å². The van der Waals surface area contributed by atoms with E-state index in [0.29, 0.717) is 24.3 Å². The van der Waals surface area contributed by atoms with Crippen molar-refractivity contribution in [3.8, 4) is 5.69 Å². The van der Waals surface area contributed by atoms with E-state index in [4.69, 9.17) is 0 Å². The summed E-state index contributed by atoms with van der Waals surface area (Å²) < 4.78 is 15.9. The minimum atomic E-state index is -0.363. The van der Waals surface area contributed by atoms with Crippen LogP contribution in [0.4, 0.5) is 9.18 Å². The van der Waals surface area contributed by atoms with Gasteiger partial charge in [0.05, 0.1) is 18.6 Å². The number of aliphatic hydroxyl groups is 1. The van der Waals surface area contributed by atoms with Crippen LogP contribution in [-0.4, -0.2) is 45.3 Å². The zero-order valence-corrected chi connectivity index (χ0v) is 15.0. The lowest BCUT2D eigenvalue weighted by Crippen LogP contribution is -2.40. The number of carbonyl (C=O) groups excluding carboxylic acids is 1. The number of aromatic nitrogens is 2. The molecule has 0 aliphatic carbocycles.